The summed E-state index contributed by atoms with van der Waals surface area (Å²) in [5, 5.41) is 13.9. The Morgan fingerprint density at radius 1 is 0.963 bits per heavy atom. The van der Waals surface area contributed by atoms with Gasteiger partial charge in [-0.15, -0.1) is 0 Å². The lowest BCUT2D eigenvalue weighted by Crippen LogP contribution is -2.48. The highest BCUT2D eigenvalue weighted by Crippen LogP contribution is 2.35. The number of halogens is 3. The number of rotatable bonds is 6. The third-order valence-electron chi connectivity index (χ3n) is 4.83. The number of anilines is 2. The smallest absolute Gasteiger partial charge is 0.389 e. The Hall–Kier alpha value is -2.25. The predicted molar refractivity (Wildman–Crippen MR) is 101 cm³/mol. The molecule has 2 N–H and O–H groups in total. The molecule has 0 bridgehead atoms. The molecule has 0 aliphatic carbocycles. The number of β-amino-alcohol motifs (C(OH)–C–C–N with tert-alkyl or cyclic N) is 1. The molecule has 0 aromatic heterocycles. The van der Waals surface area contributed by atoms with Crippen LogP contribution in [0.1, 0.15) is 11.6 Å². The van der Waals surface area contributed by atoms with Gasteiger partial charge in [-0.25, -0.2) is 0 Å². The van der Waals surface area contributed by atoms with Gasteiger partial charge in [-0.2, -0.15) is 13.2 Å². The highest BCUT2D eigenvalue weighted by Gasteiger charge is 2.34. The van der Waals surface area contributed by atoms with Crippen LogP contribution >= 0.6 is 0 Å². The fourth-order valence-electron chi connectivity index (χ4n) is 3.62. The minimum absolute atomic E-state index is 0.258. The molecule has 2 unspecified atom stereocenters. The molecule has 2 aromatic rings. The van der Waals surface area contributed by atoms with Crippen molar-refractivity contribution >= 4 is 11.4 Å². The van der Waals surface area contributed by atoms with Crippen molar-refractivity contribution in [3.05, 3.63) is 60.2 Å². The van der Waals surface area contributed by atoms with E-state index in [1.54, 1.807) is 19.2 Å². The van der Waals surface area contributed by atoms with Crippen LogP contribution in [0.25, 0.3) is 0 Å². The van der Waals surface area contributed by atoms with Crippen molar-refractivity contribution in [2.24, 2.45) is 0 Å². The lowest BCUT2D eigenvalue weighted by Gasteiger charge is -2.40. The number of likely N-dealkylation sites (N-methyl/N-ethyl adjacent to an activating group) is 1. The molecule has 0 amide bonds. The van der Waals surface area contributed by atoms with Crippen LogP contribution in [0.15, 0.2) is 54.6 Å². The first-order valence-corrected chi connectivity index (χ1v) is 8.95. The largest absolute Gasteiger partial charge is 0.405 e. The Morgan fingerprint density at radius 3 is 2.11 bits per heavy atom. The van der Waals surface area contributed by atoms with Crippen LogP contribution in [0.3, 0.4) is 0 Å². The molecule has 4 nitrogen and oxygen atoms in total. The van der Waals surface area contributed by atoms with Crippen LogP contribution in [0.2, 0.25) is 0 Å². The van der Waals surface area contributed by atoms with Crippen molar-refractivity contribution in [3.63, 3.8) is 0 Å². The molecule has 2 aromatic carbocycles. The Bertz CT molecular complexity index is 739. The zero-order chi connectivity index (χ0) is 19.4. The number of nitrogens with zero attached hydrogens (tertiary/aromatic N) is 2. The first kappa shape index (κ1) is 19.5. The summed E-state index contributed by atoms with van der Waals surface area (Å²) in [6, 6.07) is 16.4. The van der Waals surface area contributed by atoms with Gasteiger partial charge < -0.3 is 20.2 Å². The van der Waals surface area contributed by atoms with Gasteiger partial charge in [-0.05, 0) is 24.7 Å². The molecule has 27 heavy (non-hydrogen) atoms. The first-order valence-electron chi connectivity index (χ1n) is 8.95. The van der Waals surface area contributed by atoms with Crippen molar-refractivity contribution in [2.75, 3.05) is 43.0 Å². The van der Waals surface area contributed by atoms with Gasteiger partial charge in [-0.3, -0.25) is 0 Å². The van der Waals surface area contributed by atoms with Gasteiger partial charge in [0.25, 0.3) is 0 Å². The summed E-state index contributed by atoms with van der Waals surface area (Å²) >= 11 is 0. The average Bonchev–Trinajstić information content (AvgIpc) is 2.64. The quantitative estimate of drug-likeness (QED) is 0.809. The molecule has 3 rings (SSSR count). The zero-order valence-electron chi connectivity index (χ0n) is 15.2. The molecule has 0 spiro atoms. The number of benzene rings is 2. The minimum Gasteiger partial charge on any atom is -0.389 e. The SMILES string of the molecule is CNC(c1ccccc1)C(O)CN1CCN(CC(F)(F)F)c2ccccc21. The standard InChI is InChI=1S/C20H24F3N3O/c1-24-19(15-7-3-2-4-8-15)18(27)13-25-11-12-26(14-20(21,22)23)17-10-6-5-9-16(17)25/h2-10,18-19,24,27H,11-14H2,1H3. The number of fused-ring (bicyclic) bond motifs is 1. The zero-order valence-corrected chi connectivity index (χ0v) is 15.2. The molecule has 0 saturated carbocycles. The Kier molecular flexibility index (Phi) is 5.92. The van der Waals surface area contributed by atoms with Crippen LogP contribution in [0.4, 0.5) is 24.5 Å². The van der Waals surface area contributed by atoms with Crippen LogP contribution in [-0.2, 0) is 0 Å². The summed E-state index contributed by atoms with van der Waals surface area (Å²) in [4.78, 5) is 3.31. The Labute approximate surface area is 157 Å². The maximum Gasteiger partial charge on any atom is 0.405 e. The fourth-order valence-corrected chi connectivity index (χ4v) is 3.62. The molecule has 7 heteroatoms. The van der Waals surface area contributed by atoms with E-state index in [0.29, 0.717) is 18.8 Å². The molecule has 1 aliphatic heterocycles. The number of aliphatic hydroxyl groups excluding tert-OH is 1. The van der Waals surface area contributed by atoms with E-state index < -0.39 is 18.8 Å². The molecule has 0 saturated heterocycles. The molecular weight excluding hydrogens is 355 g/mol. The summed E-state index contributed by atoms with van der Waals surface area (Å²) in [6.45, 7) is 0.0506. The van der Waals surface area contributed by atoms with Crippen LogP contribution in [-0.4, -0.2) is 50.6 Å². The van der Waals surface area contributed by atoms with Gasteiger partial charge in [0, 0.05) is 19.6 Å². The summed E-state index contributed by atoms with van der Waals surface area (Å²) in [5.41, 5.74) is 2.24. The Morgan fingerprint density at radius 2 is 1.52 bits per heavy atom. The second kappa shape index (κ2) is 8.19. The van der Waals surface area contributed by atoms with E-state index in [9.17, 15) is 18.3 Å². The maximum atomic E-state index is 12.9. The number of aliphatic hydroxyl groups is 1. The molecule has 2 atom stereocenters. The molecule has 1 aliphatic rings. The molecule has 146 valence electrons. The predicted octanol–water partition coefficient (Wildman–Crippen LogP) is 3.20. The molecule has 0 fully saturated rings. The highest BCUT2D eigenvalue weighted by atomic mass is 19.4. The highest BCUT2D eigenvalue weighted by molar-refractivity contribution is 5.73. The third-order valence-corrected chi connectivity index (χ3v) is 4.83. The van der Waals surface area contributed by atoms with Crippen molar-refractivity contribution < 1.29 is 18.3 Å². The number of hydrogen-bond donors (Lipinski definition) is 2. The monoisotopic (exact) mass is 379 g/mol. The van der Waals surface area contributed by atoms with E-state index in [4.69, 9.17) is 0 Å². The van der Waals surface area contributed by atoms with Crippen molar-refractivity contribution in [1.82, 2.24) is 5.32 Å². The summed E-state index contributed by atoms with van der Waals surface area (Å²) in [7, 11) is 1.79. The lowest BCUT2D eigenvalue weighted by atomic mass is 10.0. The summed E-state index contributed by atoms with van der Waals surface area (Å²) in [5.74, 6) is 0. The maximum absolute atomic E-state index is 12.9. The van der Waals surface area contributed by atoms with Crippen LogP contribution in [0, 0.1) is 0 Å². The van der Waals surface area contributed by atoms with Gasteiger partial charge in [-0.1, -0.05) is 42.5 Å². The number of nitrogens with one attached hydrogen (secondary N) is 1. The minimum atomic E-state index is -4.25. The van der Waals surface area contributed by atoms with Crippen molar-refractivity contribution in [3.8, 4) is 0 Å². The number of hydrogen-bond acceptors (Lipinski definition) is 4. The van der Waals surface area contributed by atoms with Crippen molar-refractivity contribution in [2.45, 2.75) is 18.3 Å². The molecule has 0 radical (unpaired) electrons. The topological polar surface area (TPSA) is 38.7 Å². The third kappa shape index (κ3) is 4.73. The summed E-state index contributed by atoms with van der Waals surface area (Å²) in [6.07, 6.45) is -4.96. The van der Waals surface area contributed by atoms with E-state index in [1.807, 2.05) is 47.4 Å². The van der Waals surface area contributed by atoms with E-state index in [1.165, 1.54) is 4.90 Å². The average molecular weight is 379 g/mol. The van der Waals surface area contributed by atoms with Gasteiger partial charge >= 0.3 is 6.18 Å². The second-order valence-electron chi connectivity index (χ2n) is 6.72. The fraction of sp³-hybridized carbons (Fsp3) is 0.400. The van der Waals surface area contributed by atoms with Gasteiger partial charge in [0.15, 0.2) is 0 Å². The normalized spacial score (nSPS) is 16.8. The molecular formula is C20H24F3N3O. The Balaban J connectivity index is 1.78. The molecule has 1 heterocycles. The van der Waals surface area contributed by atoms with E-state index in [0.717, 1.165) is 11.3 Å². The lowest BCUT2D eigenvalue weighted by molar-refractivity contribution is -0.119. The first-order chi connectivity index (χ1) is 12.9. The summed E-state index contributed by atoms with van der Waals surface area (Å²) < 4.78 is 38.6. The van der Waals surface area contributed by atoms with Crippen LogP contribution in [0.5, 0.6) is 0 Å². The van der Waals surface area contributed by atoms with Gasteiger partial charge in [0.2, 0.25) is 0 Å². The van der Waals surface area contributed by atoms with Gasteiger partial charge in [0.1, 0.15) is 6.54 Å². The van der Waals surface area contributed by atoms with E-state index >= 15 is 0 Å². The van der Waals surface area contributed by atoms with E-state index in [2.05, 4.69) is 5.32 Å². The number of para-hydroxylation sites is 2. The van der Waals surface area contributed by atoms with Crippen molar-refractivity contribution in [1.29, 1.82) is 0 Å². The number of alkyl halides is 3. The second-order valence-corrected chi connectivity index (χ2v) is 6.72. The van der Waals surface area contributed by atoms with E-state index in [-0.39, 0.29) is 12.6 Å². The van der Waals surface area contributed by atoms with Crippen LogP contribution < -0.4 is 15.1 Å². The van der Waals surface area contributed by atoms with Gasteiger partial charge in [0.05, 0.1) is 23.5 Å².